The van der Waals surface area contributed by atoms with E-state index >= 15 is 0 Å². The first-order valence-electron chi connectivity index (χ1n) is 35.5. The Morgan fingerprint density at radius 3 is 0.919 bits per heavy atom. The molecule has 3 aliphatic rings. The van der Waals surface area contributed by atoms with Crippen LogP contribution in [0, 0.1) is 34.6 Å². The number of halogens is 21. The van der Waals surface area contributed by atoms with Gasteiger partial charge in [0, 0.05) is 104 Å². The second kappa shape index (κ2) is 49.2. The zero-order valence-corrected chi connectivity index (χ0v) is 77.1. The molecule has 0 saturated heterocycles. The number of benzene rings is 5. The summed E-state index contributed by atoms with van der Waals surface area (Å²) in [4.78, 5) is 47.1. The first-order chi connectivity index (χ1) is 57.3. The standard InChI is InChI=1S/3C17H14BrF3N2O.C16H14F3N.C9H11N.C6H3BrF3N.CHBr2NO.CH2O3.Na/c3*1-10-2-3-11(15-9-16(18)23-24-15)6-12(10)7-14-8-13(4-5-22-14)17(19,20)21;1-3-12-5-4-11(2)13(8-12)9-15-10-14(6-7-20-15)16(17,18)19;1-3-8-5-4-7(2)9(10)6-8;7-5-3-4(1-2-11-5)6(8,9)10;2-1(3)4-5;2-1-4-3;/h3*2-6,8,15H,7,9H2,1H3;3-8,10H,1,9H2,2H3;3-6H,1,10H2,2H3;1-3H;5H;1,3H;/q;;;;;;;;+1/p-1/t2*15-;;;;;;;/m10......./s1. The third-order valence-corrected chi connectivity index (χ3v) is 19.7. The van der Waals surface area contributed by atoms with Gasteiger partial charge in [-0.3, -0.25) is 24.7 Å². The van der Waals surface area contributed by atoms with Crippen LogP contribution in [-0.2, 0) is 80.8 Å². The van der Waals surface area contributed by atoms with Crippen molar-refractivity contribution in [1.29, 1.82) is 0 Å². The number of pyridine rings is 5. The average molecular weight is 2120 g/mol. The van der Waals surface area contributed by atoms with Gasteiger partial charge in [0.05, 0.1) is 27.8 Å². The Morgan fingerprint density at radius 2 is 0.691 bits per heavy atom. The molecule has 0 spiro atoms. The molecule has 0 aliphatic carbocycles. The average Bonchev–Trinajstić information content (AvgIpc) is 1.76. The number of hydrogen-bond acceptors (Lipinski definition) is 17. The number of carbonyl (C=O) groups excluding carboxylic acids is 1. The van der Waals surface area contributed by atoms with Gasteiger partial charge in [0.15, 0.2) is 21.8 Å². The van der Waals surface area contributed by atoms with E-state index in [4.69, 9.17) is 35.5 Å². The smallest absolute Gasteiger partial charge is 0.662 e. The van der Waals surface area contributed by atoms with Crippen molar-refractivity contribution in [3.8, 4) is 0 Å². The van der Waals surface area contributed by atoms with Crippen LogP contribution in [0.3, 0.4) is 0 Å². The summed E-state index contributed by atoms with van der Waals surface area (Å²) in [5.41, 5.74) is 18.3. The van der Waals surface area contributed by atoms with Crippen LogP contribution in [0.25, 0.3) is 12.2 Å². The summed E-state index contributed by atoms with van der Waals surface area (Å²) in [5, 5.41) is 30.3. The number of alkyl halides is 15. The third-order valence-electron chi connectivity index (χ3n) is 17.5. The molecular formula is C84H72Br6F15N10NaO7. The van der Waals surface area contributed by atoms with Crippen molar-refractivity contribution < 1.29 is 130 Å². The van der Waals surface area contributed by atoms with Crippen molar-refractivity contribution in [2.24, 2.45) is 20.6 Å². The Hall–Kier alpha value is -8.73. The van der Waals surface area contributed by atoms with Gasteiger partial charge < -0.3 is 35.6 Å². The molecule has 3 atom stereocenters. The van der Waals surface area contributed by atoms with Gasteiger partial charge in [0.25, 0.3) is 6.47 Å². The maximum absolute atomic E-state index is 12.8. The predicted molar refractivity (Wildman–Crippen MR) is 454 cm³/mol. The molecule has 3 N–H and O–H groups in total. The van der Waals surface area contributed by atoms with Crippen LogP contribution in [0.2, 0.25) is 0 Å². The summed E-state index contributed by atoms with van der Waals surface area (Å²) in [7, 11) is 0. The van der Waals surface area contributed by atoms with E-state index in [0.29, 0.717) is 71.3 Å². The van der Waals surface area contributed by atoms with Gasteiger partial charge in [-0.2, -0.15) is 65.9 Å². The van der Waals surface area contributed by atoms with Crippen molar-refractivity contribution in [3.05, 3.63) is 329 Å². The normalized spacial score (nSPS) is 14.4. The van der Waals surface area contributed by atoms with Gasteiger partial charge in [0.1, 0.15) is 18.5 Å². The summed E-state index contributed by atoms with van der Waals surface area (Å²) < 4.78 is 192. The Morgan fingerprint density at radius 1 is 0.439 bits per heavy atom. The van der Waals surface area contributed by atoms with Crippen LogP contribution in [0.4, 0.5) is 71.5 Å². The molecule has 13 rings (SSSR count). The molecule has 5 aromatic carbocycles. The van der Waals surface area contributed by atoms with E-state index in [1.165, 1.54) is 24.8 Å². The van der Waals surface area contributed by atoms with Crippen molar-refractivity contribution >= 4 is 137 Å². The van der Waals surface area contributed by atoms with E-state index in [2.05, 4.69) is 159 Å². The first-order valence-corrected chi connectivity index (χ1v) is 40.2. The van der Waals surface area contributed by atoms with Crippen LogP contribution in [0.1, 0.15) is 166 Å². The number of nitrogen functional groups attached to an aromatic ring is 1. The SMILES string of the molecule is C=Cc1ccc(C)c(Cc2cc(C(F)(F)F)ccn2)c1.C=Cc1ccc(C)c(N)c1.Cc1ccc(C2CC(Br)=NO2)cc1Cc1cc(C(F)(F)F)ccn1.Cc1ccc([C@@H]2CC(Br)=NO2)cc1Cc1cc(C(F)(F)F)ccn1.Cc1ccc([C@H]2CC(Br)=NO2)cc1Cc1cc(C(F)(F)F)ccn1.FC(F)(F)c1ccnc(Br)c1.O=CO[O-].ON=C(Br)Br.[Na+]. The van der Waals surface area contributed by atoms with E-state index in [1.54, 1.807) is 12.2 Å². The molecule has 0 radical (unpaired) electrons. The molecule has 17 nitrogen and oxygen atoms in total. The number of carbonyl (C=O) groups is 1. The quantitative estimate of drug-likeness (QED) is 0.0119. The number of hydrogen-bond donors (Lipinski definition) is 2. The zero-order valence-electron chi connectivity index (χ0n) is 65.6. The molecule has 123 heavy (non-hydrogen) atoms. The third kappa shape index (κ3) is 35.7. The van der Waals surface area contributed by atoms with Crippen molar-refractivity contribution in [1.82, 2.24) is 24.9 Å². The molecule has 5 aromatic heterocycles. The monoisotopic (exact) mass is 2110 g/mol. The number of aryl methyl sites for hydroxylation is 5. The molecule has 3 aliphatic heterocycles. The Bertz CT molecular complexity index is 5020. The van der Waals surface area contributed by atoms with Crippen LogP contribution in [0.15, 0.2) is 221 Å². The molecule has 0 amide bonds. The zero-order chi connectivity index (χ0) is 90.5. The maximum atomic E-state index is 12.8. The van der Waals surface area contributed by atoms with Crippen LogP contribution >= 0.6 is 95.6 Å². The Kier molecular flexibility index (Phi) is 42.0. The predicted octanol–water partition coefficient (Wildman–Crippen LogP) is 22.2. The number of rotatable bonds is 14. The van der Waals surface area contributed by atoms with Crippen molar-refractivity contribution in [2.75, 3.05) is 5.73 Å². The fourth-order valence-corrected chi connectivity index (χ4v) is 12.5. The minimum atomic E-state index is -4.37. The molecule has 0 fully saturated rings. The second-order valence-electron chi connectivity index (χ2n) is 26.3. The Balaban J connectivity index is 0.000000262. The number of anilines is 1. The summed E-state index contributed by atoms with van der Waals surface area (Å²) in [6.45, 7) is 16.8. The molecule has 39 heteroatoms. The number of nitrogens with two attached hydrogens (primary N) is 1. The van der Waals surface area contributed by atoms with Crippen molar-refractivity contribution in [2.45, 2.75) is 129 Å². The van der Waals surface area contributed by atoms with Gasteiger partial charge in [-0.1, -0.05) is 131 Å². The number of oxime groups is 4. The van der Waals surface area contributed by atoms with Gasteiger partial charge in [0.2, 0.25) is 0 Å². The van der Waals surface area contributed by atoms with Crippen molar-refractivity contribution in [3.63, 3.8) is 0 Å². The second-order valence-corrected chi connectivity index (χ2v) is 32.4. The largest absolute Gasteiger partial charge is 1.00 e. The molecular weight excluding hydrogens is 2050 g/mol. The summed E-state index contributed by atoms with van der Waals surface area (Å²) >= 11 is 18.3. The van der Waals surface area contributed by atoms with E-state index in [-0.39, 0.29) is 58.9 Å². The summed E-state index contributed by atoms with van der Waals surface area (Å²) in [6, 6.07) is 39.3. The van der Waals surface area contributed by atoms with Gasteiger partial charge in [-0.25, -0.2) is 4.98 Å². The van der Waals surface area contributed by atoms with E-state index in [1.807, 2.05) is 126 Å². The molecule has 0 saturated carbocycles. The first kappa shape index (κ1) is 105. The summed E-state index contributed by atoms with van der Waals surface area (Å²) in [5.74, 6) is 0. The molecule has 648 valence electrons. The molecule has 8 heterocycles. The fourth-order valence-electron chi connectivity index (χ4n) is 11.0. The van der Waals surface area contributed by atoms with Gasteiger partial charge in [-0.15, -0.1) is 0 Å². The van der Waals surface area contributed by atoms with Crippen LogP contribution < -0.4 is 40.5 Å². The topological polar surface area (TPSA) is 237 Å². The number of nitrogens with zero attached hydrogens (tertiary/aromatic N) is 9. The number of aromatic nitrogens is 5. The minimum absolute atomic E-state index is 0. The molecule has 10 aromatic rings. The minimum Gasteiger partial charge on any atom is -0.662 e. The Labute approximate surface area is 769 Å². The molecule has 0 bridgehead atoms. The summed E-state index contributed by atoms with van der Waals surface area (Å²) in [6.07, 6.45) is -9.55. The van der Waals surface area contributed by atoms with E-state index in [9.17, 15) is 65.9 Å². The fraction of sp³-hybridized carbons (Fsp3) is 0.238. The molecule has 1 unspecified atom stereocenters. The van der Waals surface area contributed by atoms with Crippen LogP contribution in [-0.4, -0.2) is 54.0 Å². The van der Waals surface area contributed by atoms with Gasteiger partial charge in [-0.05, 0) is 275 Å². The van der Waals surface area contributed by atoms with Crippen LogP contribution in [0.5, 0.6) is 0 Å². The maximum Gasteiger partial charge on any atom is 1.00 e. The van der Waals surface area contributed by atoms with Gasteiger partial charge >= 0.3 is 60.4 Å². The van der Waals surface area contributed by atoms with E-state index < -0.39 is 58.7 Å². The van der Waals surface area contributed by atoms with E-state index in [0.717, 1.165) is 164 Å².